The lowest BCUT2D eigenvalue weighted by atomic mass is 9.89. The first-order valence-electron chi connectivity index (χ1n) is 21.5. The summed E-state index contributed by atoms with van der Waals surface area (Å²) in [6.07, 6.45) is 2.86. The average molecular weight is 869 g/mol. The minimum absolute atomic E-state index is 0.0438. The van der Waals surface area contributed by atoms with Crippen LogP contribution in [0.15, 0.2) is 42.5 Å². The molecule has 1 fully saturated rings. The van der Waals surface area contributed by atoms with Crippen molar-refractivity contribution in [3.8, 4) is 0 Å². The van der Waals surface area contributed by atoms with E-state index in [-0.39, 0.29) is 50.0 Å². The van der Waals surface area contributed by atoms with Crippen LogP contribution in [-0.2, 0) is 54.3 Å². The number of likely N-dealkylation sites (N-methyl/N-ethyl adjacent to an activating group) is 1. The SMILES string of the molecule is CC[C@H](C)[C@@H]([C@@H](CC(=O)N1CCC[C@H]1[C@H](OC)[C@@H](C)C(=O)N[C@@H](Cc1ccccc1)C(=O)O)OC)N(C)C(=O)[C@@H](NC(=O)C(C)(C)NC(=O)CCCN1C(=O)C=CC1=O)C(C)C. The first kappa shape index (κ1) is 51.2. The van der Waals surface area contributed by atoms with Gasteiger partial charge in [0.2, 0.25) is 29.5 Å². The van der Waals surface area contributed by atoms with Gasteiger partial charge >= 0.3 is 5.97 Å². The van der Waals surface area contributed by atoms with Crippen LogP contribution in [0.4, 0.5) is 0 Å². The van der Waals surface area contributed by atoms with Crippen LogP contribution in [0.2, 0.25) is 0 Å². The van der Waals surface area contributed by atoms with Gasteiger partial charge in [-0.05, 0) is 50.5 Å². The third kappa shape index (κ3) is 13.4. The van der Waals surface area contributed by atoms with E-state index in [2.05, 4.69) is 16.0 Å². The summed E-state index contributed by atoms with van der Waals surface area (Å²) < 4.78 is 11.8. The second kappa shape index (κ2) is 23.3. The molecule has 0 spiro atoms. The Labute approximate surface area is 365 Å². The van der Waals surface area contributed by atoms with Crippen molar-refractivity contribution in [2.75, 3.05) is 34.4 Å². The van der Waals surface area contributed by atoms with Gasteiger partial charge in [0, 0.05) is 59.4 Å². The highest BCUT2D eigenvalue weighted by molar-refractivity contribution is 6.12. The molecule has 0 radical (unpaired) electrons. The minimum atomic E-state index is -1.42. The van der Waals surface area contributed by atoms with Crippen LogP contribution in [0, 0.1) is 17.8 Å². The van der Waals surface area contributed by atoms with E-state index in [0.29, 0.717) is 25.8 Å². The second-order valence-electron chi connectivity index (χ2n) is 17.3. The van der Waals surface area contributed by atoms with Crippen molar-refractivity contribution >= 4 is 47.3 Å². The zero-order chi connectivity index (χ0) is 46.5. The van der Waals surface area contributed by atoms with E-state index in [1.54, 1.807) is 57.0 Å². The number of nitrogens with one attached hydrogen (secondary N) is 3. The number of aliphatic carboxylic acids is 1. The first-order chi connectivity index (χ1) is 29.2. The van der Waals surface area contributed by atoms with E-state index >= 15 is 0 Å². The van der Waals surface area contributed by atoms with Gasteiger partial charge < -0.3 is 40.3 Å². The maximum Gasteiger partial charge on any atom is 0.326 e. The number of hydrogen-bond donors (Lipinski definition) is 4. The quantitative estimate of drug-likeness (QED) is 0.111. The Morgan fingerprint density at radius 2 is 1.58 bits per heavy atom. The number of rotatable bonds is 24. The Balaban J connectivity index is 1.71. The van der Waals surface area contributed by atoms with Crippen LogP contribution < -0.4 is 16.0 Å². The van der Waals surface area contributed by atoms with Crippen molar-refractivity contribution in [2.45, 2.75) is 135 Å². The lowest BCUT2D eigenvalue weighted by molar-refractivity contribution is -0.148. The van der Waals surface area contributed by atoms with Crippen molar-refractivity contribution < 1.29 is 52.9 Å². The molecule has 0 saturated carbocycles. The van der Waals surface area contributed by atoms with Gasteiger partial charge in [-0.3, -0.25) is 38.5 Å². The summed E-state index contributed by atoms with van der Waals surface area (Å²) in [5.74, 6) is -5.60. The van der Waals surface area contributed by atoms with Crippen molar-refractivity contribution in [2.24, 2.45) is 17.8 Å². The van der Waals surface area contributed by atoms with E-state index in [1.807, 2.05) is 19.9 Å². The van der Waals surface area contributed by atoms with E-state index in [1.165, 1.54) is 45.1 Å². The van der Waals surface area contributed by atoms with Crippen LogP contribution in [0.25, 0.3) is 0 Å². The fourth-order valence-corrected chi connectivity index (χ4v) is 8.23. The van der Waals surface area contributed by atoms with Crippen LogP contribution in [0.3, 0.4) is 0 Å². The van der Waals surface area contributed by atoms with Gasteiger partial charge in [0.25, 0.3) is 11.8 Å². The molecule has 8 atom stereocenters. The monoisotopic (exact) mass is 868 g/mol. The Hall–Kier alpha value is -5.16. The smallest absolute Gasteiger partial charge is 0.326 e. The molecule has 0 bridgehead atoms. The summed E-state index contributed by atoms with van der Waals surface area (Å²) in [6, 6.07) is 5.76. The molecule has 62 heavy (non-hydrogen) atoms. The molecule has 3 rings (SSSR count). The molecule has 17 heteroatoms. The number of amides is 7. The summed E-state index contributed by atoms with van der Waals surface area (Å²) in [4.78, 5) is 109. The fourth-order valence-electron chi connectivity index (χ4n) is 8.23. The Morgan fingerprint density at radius 1 is 0.952 bits per heavy atom. The lowest BCUT2D eigenvalue weighted by Gasteiger charge is -2.41. The highest BCUT2D eigenvalue weighted by atomic mass is 16.5. The van der Waals surface area contributed by atoms with Crippen molar-refractivity contribution in [3.05, 3.63) is 48.0 Å². The maximum atomic E-state index is 14.4. The fraction of sp³-hybridized carbons (Fsp3) is 0.644. The van der Waals surface area contributed by atoms with Gasteiger partial charge in [-0.1, -0.05) is 71.4 Å². The van der Waals surface area contributed by atoms with E-state index < -0.39 is 89.2 Å². The maximum absolute atomic E-state index is 14.4. The van der Waals surface area contributed by atoms with Crippen LogP contribution in [0.5, 0.6) is 0 Å². The molecular weight excluding hydrogens is 801 g/mol. The predicted molar refractivity (Wildman–Crippen MR) is 230 cm³/mol. The van der Waals surface area contributed by atoms with Gasteiger partial charge in [0.15, 0.2) is 0 Å². The third-order valence-electron chi connectivity index (χ3n) is 12.1. The number of methoxy groups -OCH3 is 2. The van der Waals surface area contributed by atoms with Crippen molar-refractivity contribution in [1.82, 2.24) is 30.7 Å². The number of hydrogen-bond acceptors (Lipinski definition) is 10. The van der Waals surface area contributed by atoms with Gasteiger partial charge in [0.1, 0.15) is 17.6 Å². The molecule has 0 aromatic heterocycles. The third-order valence-corrected chi connectivity index (χ3v) is 12.1. The highest BCUT2D eigenvalue weighted by Gasteiger charge is 2.44. The van der Waals surface area contributed by atoms with Gasteiger partial charge in [-0.25, -0.2) is 4.79 Å². The number of ether oxygens (including phenoxy) is 2. The molecule has 4 N–H and O–H groups in total. The number of likely N-dealkylation sites (tertiary alicyclic amines) is 1. The molecule has 2 heterocycles. The molecule has 0 unspecified atom stereocenters. The molecule has 1 aromatic carbocycles. The van der Waals surface area contributed by atoms with Crippen LogP contribution in [-0.4, -0.2) is 143 Å². The number of benzene rings is 1. The Kier molecular flexibility index (Phi) is 19.3. The molecule has 2 aliphatic rings. The number of carbonyl (C=O) groups excluding carboxylic acids is 7. The molecular formula is C45H68N6O11. The molecule has 2 aliphatic heterocycles. The molecule has 1 saturated heterocycles. The lowest BCUT2D eigenvalue weighted by Crippen LogP contribution is -2.62. The van der Waals surface area contributed by atoms with E-state index in [4.69, 9.17) is 9.47 Å². The summed E-state index contributed by atoms with van der Waals surface area (Å²) in [5, 5.41) is 18.1. The van der Waals surface area contributed by atoms with Crippen LogP contribution >= 0.6 is 0 Å². The van der Waals surface area contributed by atoms with E-state index in [0.717, 1.165) is 10.5 Å². The number of carbonyl (C=O) groups is 8. The summed E-state index contributed by atoms with van der Waals surface area (Å²) in [7, 11) is 4.57. The zero-order valence-electron chi connectivity index (χ0n) is 38.0. The topological polar surface area (TPSA) is 221 Å². The van der Waals surface area contributed by atoms with Gasteiger partial charge in [0.05, 0.1) is 36.6 Å². The zero-order valence-corrected chi connectivity index (χ0v) is 38.0. The molecule has 17 nitrogen and oxygen atoms in total. The van der Waals surface area contributed by atoms with E-state index in [9.17, 15) is 43.5 Å². The number of nitrogens with zero attached hydrogens (tertiary/aromatic N) is 3. The first-order valence-corrected chi connectivity index (χ1v) is 21.5. The van der Waals surface area contributed by atoms with Gasteiger partial charge in [-0.15, -0.1) is 0 Å². The Morgan fingerprint density at radius 3 is 2.13 bits per heavy atom. The van der Waals surface area contributed by atoms with Crippen molar-refractivity contribution in [3.63, 3.8) is 0 Å². The number of carboxylic acid groups (broad SMARTS) is 1. The minimum Gasteiger partial charge on any atom is -0.480 e. The van der Waals surface area contributed by atoms with Crippen LogP contribution in [0.1, 0.15) is 92.6 Å². The van der Waals surface area contributed by atoms with Crippen molar-refractivity contribution in [1.29, 1.82) is 0 Å². The predicted octanol–water partition coefficient (Wildman–Crippen LogP) is 2.46. The highest BCUT2D eigenvalue weighted by Crippen LogP contribution is 2.30. The largest absolute Gasteiger partial charge is 0.480 e. The Bertz CT molecular complexity index is 1770. The second-order valence-corrected chi connectivity index (χ2v) is 17.3. The summed E-state index contributed by atoms with van der Waals surface area (Å²) in [5.41, 5.74) is -0.666. The normalized spacial score (nSPS) is 18.7. The molecule has 344 valence electrons. The summed E-state index contributed by atoms with van der Waals surface area (Å²) in [6.45, 7) is 12.7. The molecule has 7 amide bonds. The average Bonchev–Trinajstić information content (AvgIpc) is 3.84. The number of carboxylic acids is 1. The number of imide groups is 1. The summed E-state index contributed by atoms with van der Waals surface area (Å²) >= 11 is 0. The molecule has 1 aromatic rings. The standard InChI is InChI=1S/C45H68N6O11/c1-11-28(4)39(49(8)42(57)38(27(2)3)47-44(60)45(6,7)48-34(52)20-16-24-51-35(53)21-22-36(51)54)33(61-9)26-37(55)50-23-15-19-32(50)40(62-10)29(5)41(56)46-31(43(58)59)25-30-17-13-12-14-18-30/h12-14,17-18,21-22,27-29,31-33,38-40H,11,15-16,19-20,23-26H2,1-10H3,(H,46,56)(H,47,60)(H,48,52)(H,58,59)/t28-,29+,31-,32-,33+,38-,39-,40+/m0/s1. The molecule has 0 aliphatic carbocycles. The van der Waals surface area contributed by atoms with Gasteiger partial charge in [-0.2, -0.15) is 0 Å².